The molecule has 35 heavy (non-hydrogen) atoms. The molecule has 186 valence electrons. The first kappa shape index (κ1) is 25.1. The van der Waals surface area contributed by atoms with Crippen molar-refractivity contribution < 1.29 is 24.2 Å². The van der Waals surface area contributed by atoms with Gasteiger partial charge in [-0.3, -0.25) is 9.59 Å². The van der Waals surface area contributed by atoms with Crippen LogP contribution in [0, 0.1) is 5.41 Å². The quantitative estimate of drug-likeness (QED) is 0.426. The van der Waals surface area contributed by atoms with Gasteiger partial charge in [-0.05, 0) is 58.9 Å². The lowest BCUT2D eigenvalue weighted by atomic mass is 9.66. The molecule has 0 spiro atoms. The molecule has 2 aromatic carbocycles. The maximum Gasteiger partial charge on any atom is 0.407 e. The summed E-state index contributed by atoms with van der Waals surface area (Å²) in [5.41, 5.74) is 4.18. The van der Waals surface area contributed by atoms with Crippen LogP contribution in [0.1, 0.15) is 49.1 Å². The molecule has 7 nitrogen and oxygen atoms in total. The van der Waals surface area contributed by atoms with Crippen LogP contribution in [0.5, 0.6) is 0 Å². The van der Waals surface area contributed by atoms with Gasteiger partial charge in [0.2, 0.25) is 5.91 Å². The van der Waals surface area contributed by atoms with E-state index in [9.17, 15) is 19.5 Å². The number of carboxylic acids is 1. The number of amides is 2. The SMILES string of the molecule is CSCC[C@H](NC(=O)OCC1c2ccccc2-c2ccccc21)C(=O)NCC1(CC(=O)O)CCC1. The number of carbonyl (C=O) groups is 3. The van der Waals surface area contributed by atoms with Gasteiger partial charge in [-0.15, -0.1) is 0 Å². The number of thioether (sulfide) groups is 1. The van der Waals surface area contributed by atoms with E-state index in [1.165, 1.54) is 0 Å². The minimum atomic E-state index is -0.852. The van der Waals surface area contributed by atoms with Gasteiger partial charge in [-0.2, -0.15) is 11.8 Å². The molecule has 4 rings (SSSR count). The van der Waals surface area contributed by atoms with Gasteiger partial charge in [-0.1, -0.05) is 55.0 Å². The number of hydrogen-bond acceptors (Lipinski definition) is 5. The average molecular weight is 497 g/mol. The largest absolute Gasteiger partial charge is 0.481 e. The summed E-state index contributed by atoms with van der Waals surface area (Å²) in [7, 11) is 0. The van der Waals surface area contributed by atoms with Crippen molar-refractivity contribution in [2.45, 2.75) is 44.1 Å². The molecule has 2 aliphatic carbocycles. The summed E-state index contributed by atoms with van der Waals surface area (Å²) in [6.07, 6.45) is 4.36. The highest BCUT2D eigenvalue weighted by atomic mass is 32.2. The van der Waals surface area contributed by atoms with E-state index < -0.39 is 18.1 Å². The number of hydrogen-bond donors (Lipinski definition) is 3. The fraction of sp³-hybridized carbons (Fsp3) is 0.444. The molecule has 1 fully saturated rings. The van der Waals surface area contributed by atoms with Gasteiger partial charge in [-0.25, -0.2) is 4.79 Å². The Morgan fingerprint density at radius 3 is 2.26 bits per heavy atom. The lowest BCUT2D eigenvalue weighted by Gasteiger charge is -2.41. The number of rotatable bonds is 11. The minimum absolute atomic E-state index is 0.0442. The second-order valence-electron chi connectivity index (χ2n) is 9.45. The van der Waals surface area contributed by atoms with Crippen molar-refractivity contribution in [3.8, 4) is 11.1 Å². The highest BCUT2D eigenvalue weighted by Crippen LogP contribution is 2.45. The Kier molecular flexibility index (Phi) is 8.00. The number of aliphatic carboxylic acids is 1. The zero-order valence-corrected chi connectivity index (χ0v) is 20.7. The van der Waals surface area contributed by atoms with E-state index in [0.29, 0.717) is 18.7 Å². The van der Waals surface area contributed by atoms with Crippen LogP contribution in [0.4, 0.5) is 4.79 Å². The van der Waals surface area contributed by atoms with Gasteiger partial charge in [0.15, 0.2) is 0 Å². The van der Waals surface area contributed by atoms with Crippen LogP contribution >= 0.6 is 11.8 Å². The molecule has 0 aromatic heterocycles. The highest BCUT2D eigenvalue weighted by molar-refractivity contribution is 7.98. The summed E-state index contributed by atoms with van der Waals surface area (Å²) in [4.78, 5) is 36.8. The van der Waals surface area contributed by atoms with Crippen molar-refractivity contribution >= 4 is 29.7 Å². The van der Waals surface area contributed by atoms with Crippen LogP contribution in [-0.2, 0) is 14.3 Å². The second kappa shape index (κ2) is 11.2. The normalized spacial score (nSPS) is 16.4. The zero-order valence-electron chi connectivity index (χ0n) is 19.9. The third-order valence-corrected chi connectivity index (χ3v) is 7.78. The number of alkyl carbamates (subject to hydrolysis) is 1. The summed E-state index contributed by atoms with van der Waals surface area (Å²) in [6.45, 7) is 0.485. The Morgan fingerprint density at radius 2 is 1.71 bits per heavy atom. The number of fused-ring (bicyclic) bond motifs is 3. The molecule has 2 aromatic rings. The fourth-order valence-corrected chi connectivity index (χ4v) is 5.57. The molecule has 0 bridgehead atoms. The van der Waals surface area contributed by atoms with Crippen LogP contribution in [0.2, 0.25) is 0 Å². The predicted octanol–water partition coefficient (Wildman–Crippen LogP) is 4.41. The summed E-state index contributed by atoms with van der Waals surface area (Å²) in [5, 5.41) is 14.8. The Labute approximate surface area is 210 Å². The molecule has 1 saturated carbocycles. The molecular weight excluding hydrogens is 464 g/mol. The standard InChI is InChI=1S/C27H32N2O5S/c1-35-14-11-23(25(32)28-17-27(12-6-13-27)15-24(30)31)29-26(33)34-16-22-20-9-4-2-7-18(20)19-8-3-5-10-21(19)22/h2-5,7-10,22-23H,6,11-17H2,1H3,(H,28,32)(H,29,33)(H,30,31)/t23-/m0/s1. The Balaban J connectivity index is 1.36. The summed E-state index contributed by atoms with van der Waals surface area (Å²) in [5.74, 6) is -0.512. The van der Waals surface area contributed by atoms with E-state index in [4.69, 9.17) is 4.74 Å². The van der Waals surface area contributed by atoms with Crippen molar-refractivity contribution in [2.24, 2.45) is 5.41 Å². The van der Waals surface area contributed by atoms with Crippen molar-refractivity contribution in [2.75, 3.05) is 25.2 Å². The van der Waals surface area contributed by atoms with Crippen LogP contribution in [-0.4, -0.2) is 54.3 Å². The first-order valence-corrected chi connectivity index (χ1v) is 13.4. The van der Waals surface area contributed by atoms with Gasteiger partial charge in [0, 0.05) is 12.5 Å². The molecule has 3 N–H and O–H groups in total. The van der Waals surface area contributed by atoms with Crippen molar-refractivity contribution in [3.05, 3.63) is 59.7 Å². The van der Waals surface area contributed by atoms with E-state index in [-0.39, 0.29) is 30.3 Å². The van der Waals surface area contributed by atoms with E-state index in [0.717, 1.165) is 41.5 Å². The van der Waals surface area contributed by atoms with Crippen molar-refractivity contribution in [3.63, 3.8) is 0 Å². The highest BCUT2D eigenvalue weighted by Gasteiger charge is 2.39. The number of carboxylic acid groups (broad SMARTS) is 1. The van der Waals surface area contributed by atoms with Gasteiger partial charge >= 0.3 is 12.1 Å². The summed E-state index contributed by atoms with van der Waals surface area (Å²) < 4.78 is 5.62. The van der Waals surface area contributed by atoms with Crippen LogP contribution in [0.3, 0.4) is 0 Å². The molecule has 8 heteroatoms. The third-order valence-electron chi connectivity index (χ3n) is 7.14. The van der Waals surface area contributed by atoms with E-state index >= 15 is 0 Å². The fourth-order valence-electron chi connectivity index (χ4n) is 5.10. The molecule has 0 radical (unpaired) electrons. The molecule has 0 aliphatic heterocycles. The maximum absolute atomic E-state index is 12.9. The van der Waals surface area contributed by atoms with Gasteiger partial charge in [0.1, 0.15) is 12.6 Å². The zero-order chi connectivity index (χ0) is 24.8. The number of benzene rings is 2. The van der Waals surface area contributed by atoms with E-state index in [2.05, 4.69) is 34.9 Å². The molecular formula is C27H32N2O5S. The van der Waals surface area contributed by atoms with Gasteiger partial charge in [0.05, 0.1) is 6.42 Å². The average Bonchev–Trinajstić information content (AvgIpc) is 3.15. The molecule has 2 aliphatic rings. The van der Waals surface area contributed by atoms with Gasteiger partial charge in [0.25, 0.3) is 0 Å². The smallest absolute Gasteiger partial charge is 0.407 e. The maximum atomic E-state index is 12.9. The van der Waals surface area contributed by atoms with Crippen LogP contribution in [0.15, 0.2) is 48.5 Å². The lowest BCUT2D eigenvalue weighted by molar-refractivity contribution is -0.142. The topological polar surface area (TPSA) is 105 Å². The number of nitrogens with one attached hydrogen (secondary N) is 2. The lowest BCUT2D eigenvalue weighted by Crippen LogP contribution is -2.51. The van der Waals surface area contributed by atoms with Gasteiger partial charge < -0.3 is 20.5 Å². The van der Waals surface area contributed by atoms with Crippen molar-refractivity contribution in [1.82, 2.24) is 10.6 Å². The first-order chi connectivity index (χ1) is 16.9. The Hall–Kier alpha value is -3.00. The summed E-state index contributed by atoms with van der Waals surface area (Å²) >= 11 is 1.59. The van der Waals surface area contributed by atoms with E-state index in [1.54, 1.807) is 11.8 Å². The Bertz CT molecular complexity index is 1040. The second-order valence-corrected chi connectivity index (χ2v) is 10.4. The Morgan fingerprint density at radius 1 is 1.09 bits per heavy atom. The first-order valence-electron chi connectivity index (χ1n) is 12.0. The van der Waals surface area contributed by atoms with Crippen LogP contribution < -0.4 is 10.6 Å². The molecule has 2 amide bonds. The molecule has 1 atom stereocenters. The molecule has 0 unspecified atom stereocenters. The van der Waals surface area contributed by atoms with E-state index in [1.807, 2.05) is 30.5 Å². The third kappa shape index (κ3) is 5.81. The minimum Gasteiger partial charge on any atom is -0.481 e. The monoisotopic (exact) mass is 496 g/mol. The van der Waals surface area contributed by atoms with Crippen molar-refractivity contribution in [1.29, 1.82) is 0 Å². The van der Waals surface area contributed by atoms with Crippen LogP contribution in [0.25, 0.3) is 11.1 Å². The molecule has 0 heterocycles. The number of ether oxygens (including phenoxy) is 1. The number of carbonyl (C=O) groups excluding carboxylic acids is 2. The molecule has 0 saturated heterocycles. The summed E-state index contributed by atoms with van der Waals surface area (Å²) in [6, 6.07) is 15.5. The predicted molar refractivity (Wildman–Crippen MR) is 137 cm³/mol.